The number of rotatable bonds is 7. The molecule has 0 atom stereocenters. The van der Waals surface area contributed by atoms with Crippen LogP contribution in [-0.2, 0) is 9.53 Å². The molecule has 0 radical (unpaired) electrons. The Kier molecular flexibility index (Phi) is 6.62. The van der Waals surface area contributed by atoms with Crippen LogP contribution in [-0.4, -0.2) is 61.8 Å². The second-order valence-corrected chi connectivity index (χ2v) is 8.51. The number of anilines is 1. The van der Waals surface area contributed by atoms with Gasteiger partial charge in [0.25, 0.3) is 5.91 Å². The van der Waals surface area contributed by atoms with Gasteiger partial charge in [0.1, 0.15) is 5.75 Å². The number of nitrogens with zero attached hydrogens (tertiary/aromatic N) is 3. The van der Waals surface area contributed by atoms with Crippen LogP contribution in [0.2, 0.25) is 0 Å². The van der Waals surface area contributed by atoms with Gasteiger partial charge in [-0.3, -0.25) is 14.6 Å². The zero-order valence-electron chi connectivity index (χ0n) is 17.5. The molecular formula is C23H27N3O3S. The Morgan fingerprint density at radius 3 is 2.67 bits per heavy atom. The molecule has 1 amide bonds. The van der Waals surface area contributed by atoms with E-state index < -0.39 is 0 Å². The lowest BCUT2D eigenvalue weighted by Gasteiger charge is -2.29. The summed E-state index contributed by atoms with van der Waals surface area (Å²) < 4.78 is 12.3. The number of fused-ring (bicyclic) bond motifs is 1. The van der Waals surface area contributed by atoms with Crippen LogP contribution in [0.4, 0.5) is 5.13 Å². The summed E-state index contributed by atoms with van der Waals surface area (Å²) in [5.74, 6) is 0.606. The Morgan fingerprint density at radius 2 is 1.90 bits per heavy atom. The second-order valence-electron chi connectivity index (χ2n) is 7.50. The van der Waals surface area contributed by atoms with Crippen molar-refractivity contribution in [1.29, 1.82) is 0 Å². The number of amides is 1. The molecule has 1 fully saturated rings. The van der Waals surface area contributed by atoms with Crippen molar-refractivity contribution in [3.63, 3.8) is 0 Å². The Bertz CT molecular complexity index is 961. The lowest BCUT2D eigenvalue weighted by Crippen LogP contribution is -2.44. The van der Waals surface area contributed by atoms with Crippen molar-refractivity contribution in [3.05, 3.63) is 53.6 Å². The number of hydrogen-bond donors (Lipinski definition) is 0. The number of hydrogen-bond acceptors (Lipinski definition) is 6. The average molecular weight is 426 g/mol. The number of ether oxygens (including phenoxy) is 2. The summed E-state index contributed by atoms with van der Waals surface area (Å²) in [6.07, 6.45) is 0. The molecule has 0 unspecified atom stereocenters. The molecule has 158 valence electrons. The molecule has 2 heterocycles. The van der Waals surface area contributed by atoms with Crippen molar-refractivity contribution < 1.29 is 14.3 Å². The third kappa shape index (κ3) is 4.98. The van der Waals surface area contributed by atoms with Crippen LogP contribution in [0.25, 0.3) is 10.2 Å². The molecule has 1 aliphatic rings. The van der Waals surface area contributed by atoms with E-state index in [0.29, 0.717) is 12.3 Å². The number of para-hydroxylation sites is 1. The van der Waals surface area contributed by atoms with Gasteiger partial charge in [0.2, 0.25) is 0 Å². The van der Waals surface area contributed by atoms with E-state index in [1.165, 1.54) is 11.1 Å². The van der Waals surface area contributed by atoms with Crippen LogP contribution in [0.3, 0.4) is 0 Å². The van der Waals surface area contributed by atoms with Gasteiger partial charge in [0, 0.05) is 26.2 Å². The van der Waals surface area contributed by atoms with E-state index in [1.54, 1.807) is 16.2 Å². The zero-order chi connectivity index (χ0) is 20.9. The molecule has 1 saturated heterocycles. The topological polar surface area (TPSA) is 54.9 Å². The van der Waals surface area contributed by atoms with Gasteiger partial charge < -0.3 is 9.47 Å². The first-order chi connectivity index (χ1) is 14.6. The van der Waals surface area contributed by atoms with Crippen LogP contribution in [0, 0.1) is 13.8 Å². The van der Waals surface area contributed by atoms with Crippen molar-refractivity contribution in [2.45, 2.75) is 13.8 Å². The first-order valence-electron chi connectivity index (χ1n) is 10.3. The summed E-state index contributed by atoms with van der Waals surface area (Å²) in [6.45, 7) is 8.80. The molecule has 7 heteroatoms. The van der Waals surface area contributed by atoms with Gasteiger partial charge in [-0.15, -0.1) is 0 Å². The van der Waals surface area contributed by atoms with Gasteiger partial charge in [0.05, 0.1) is 23.4 Å². The van der Waals surface area contributed by atoms with Crippen molar-refractivity contribution in [3.8, 4) is 5.75 Å². The molecule has 0 N–H and O–H groups in total. The molecule has 2 aromatic carbocycles. The highest BCUT2D eigenvalue weighted by Crippen LogP contribution is 2.31. The van der Waals surface area contributed by atoms with Crippen LogP contribution in [0.1, 0.15) is 11.1 Å². The predicted octanol–water partition coefficient (Wildman–Crippen LogP) is 3.66. The average Bonchev–Trinajstić information content (AvgIpc) is 3.16. The fraction of sp³-hybridized carbons (Fsp3) is 0.391. The highest BCUT2D eigenvalue weighted by molar-refractivity contribution is 7.22. The molecule has 1 aliphatic heterocycles. The monoisotopic (exact) mass is 425 g/mol. The third-order valence-corrected chi connectivity index (χ3v) is 6.41. The maximum Gasteiger partial charge on any atom is 0.266 e. The Morgan fingerprint density at radius 1 is 1.17 bits per heavy atom. The predicted molar refractivity (Wildman–Crippen MR) is 121 cm³/mol. The maximum atomic E-state index is 13.1. The molecule has 0 bridgehead atoms. The first kappa shape index (κ1) is 20.8. The number of morpholine rings is 1. The van der Waals surface area contributed by atoms with E-state index in [2.05, 4.69) is 30.9 Å². The molecule has 30 heavy (non-hydrogen) atoms. The lowest BCUT2D eigenvalue weighted by molar-refractivity contribution is -0.120. The number of aryl methyl sites for hydroxylation is 2. The van der Waals surface area contributed by atoms with E-state index in [1.807, 2.05) is 30.3 Å². The fourth-order valence-corrected chi connectivity index (χ4v) is 4.50. The minimum atomic E-state index is -0.0837. The summed E-state index contributed by atoms with van der Waals surface area (Å²) in [4.78, 5) is 22.0. The van der Waals surface area contributed by atoms with Gasteiger partial charge in [0.15, 0.2) is 11.7 Å². The van der Waals surface area contributed by atoms with Crippen molar-refractivity contribution >= 4 is 32.6 Å². The molecular weight excluding hydrogens is 398 g/mol. The number of aromatic nitrogens is 1. The van der Waals surface area contributed by atoms with Crippen LogP contribution in [0.5, 0.6) is 5.75 Å². The lowest BCUT2D eigenvalue weighted by atomic mass is 10.1. The van der Waals surface area contributed by atoms with Crippen LogP contribution in [0.15, 0.2) is 42.5 Å². The van der Waals surface area contributed by atoms with Crippen molar-refractivity contribution in [2.75, 3.05) is 50.9 Å². The Hall–Kier alpha value is -2.48. The molecule has 6 nitrogen and oxygen atoms in total. The highest BCUT2D eigenvalue weighted by Gasteiger charge is 2.22. The SMILES string of the molecule is Cc1cc2nc(N(CCN3CCOCC3)C(=O)COc3ccccc3)sc2cc1C. The number of carbonyl (C=O) groups is 1. The van der Waals surface area contributed by atoms with Crippen LogP contribution < -0.4 is 9.64 Å². The minimum absolute atomic E-state index is 0.0128. The Balaban J connectivity index is 1.53. The second kappa shape index (κ2) is 9.55. The van der Waals surface area contributed by atoms with E-state index in [-0.39, 0.29) is 12.5 Å². The van der Waals surface area contributed by atoms with E-state index >= 15 is 0 Å². The van der Waals surface area contributed by atoms with Gasteiger partial charge in [-0.2, -0.15) is 0 Å². The largest absolute Gasteiger partial charge is 0.484 e. The van der Waals surface area contributed by atoms with Gasteiger partial charge >= 0.3 is 0 Å². The van der Waals surface area contributed by atoms with E-state index in [9.17, 15) is 4.79 Å². The summed E-state index contributed by atoms with van der Waals surface area (Å²) >= 11 is 1.56. The molecule has 4 rings (SSSR count). The van der Waals surface area contributed by atoms with E-state index in [0.717, 1.165) is 48.2 Å². The van der Waals surface area contributed by atoms with Gasteiger partial charge in [-0.1, -0.05) is 29.5 Å². The van der Waals surface area contributed by atoms with Gasteiger partial charge in [-0.05, 0) is 49.2 Å². The van der Waals surface area contributed by atoms with Gasteiger partial charge in [-0.25, -0.2) is 4.98 Å². The summed E-state index contributed by atoms with van der Waals surface area (Å²) in [6, 6.07) is 13.7. The number of benzene rings is 2. The fourth-order valence-electron chi connectivity index (χ4n) is 3.42. The highest BCUT2D eigenvalue weighted by atomic mass is 32.1. The molecule has 3 aromatic rings. The van der Waals surface area contributed by atoms with Crippen molar-refractivity contribution in [2.24, 2.45) is 0 Å². The molecule has 0 saturated carbocycles. The molecule has 0 spiro atoms. The number of carbonyl (C=O) groups excluding carboxylic acids is 1. The summed E-state index contributed by atoms with van der Waals surface area (Å²) in [7, 11) is 0. The normalized spacial score (nSPS) is 14.7. The van der Waals surface area contributed by atoms with Crippen molar-refractivity contribution in [1.82, 2.24) is 9.88 Å². The summed E-state index contributed by atoms with van der Waals surface area (Å²) in [5, 5.41) is 0.727. The maximum absolute atomic E-state index is 13.1. The van der Waals surface area contributed by atoms with Crippen LogP contribution >= 0.6 is 11.3 Å². The smallest absolute Gasteiger partial charge is 0.266 e. The molecule has 0 aliphatic carbocycles. The number of thiazole rings is 1. The minimum Gasteiger partial charge on any atom is -0.484 e. The van der Waals surface area contributed by atoms with E-state index in [4.69, 9.17) is 14.5 Å². The zero-order valence-corrected chi connectivity index (χ0v) is 18.3. The molecule has 1 aromatic heterocycles. The quantitative estimate of drug-likeness (QED) is 0.578. The third-order valence-electron chi connectivity index (χ3n) is 5.37. The standard InChI is InChI=1S/C23H27N3O3S/c1-17-14-20-21(15-18(17)2)30-23(24-20)26(9-8-25-10-12-28-13-11-25)22(27)16-29-19-6-4-3-5-7-19/h3-7,14-15H,8-13,16H2,1-2H3. The summed E-state index contributed by atoms with van der Waals surface area (Å²) in [5.41, 5.74) is 3.38. The first-order valence-corrected chi connectivity index (χ1v) is 11.1. The Labute approximate surface area is 181 Å².